The molecule has 0 fully saturated rings. The molecule has 0 aliphatic rings. The van der Waals surface area contributed by atoms with Crippen LogP contribution in [0.25, 0.3) is 11.3 Å². The molecule has 0 spiro atoms. The Bertz CT molecular complexity index is 920. The van der Waals surface area contributed by atoms with Gasteiger partial charge >= 0.3 is 6.18 Å². The van der Waals surface area contributed by atoms with Crippen LogP contribution in [0, 0.1) is 0 Å². The van der Waals surface area contributed by atoms with Crippen molar-refractivity contribution in [3.8, 4) is 11.3 Å². The van der Waals surface area contributed by atoms with E-state index in [4.69, 9.17) is 11.6 Å². The molecule has 0 aliphatic carbocycles. The van der Waals surface area contributed by atoms with Crippen molar-refractivity contribution in [1.29, 1.82) is 0 Å². The van der Waals surface area contributed by atoms with Crippen molar-refractivity contribution in [3.63, 3.8) is 0 Å². The van der Waals surface area contributed by atoms with E-state index in [9.17, 15) is 18.0 Å². The first-order valence-electron chi connectivity index (χ1n) is 7.59. The lowest BCUT2D eigenvalue weighted by molar-refractivity contribution is -0.138. The van der Waals surface area contributed by atoms with Crippen LogP contribution in [0.3, 0.4) is 0 Å². The molecule has 3 rings (SSSR count). The highest BCUT2D eigenvalue weighted by atomic mass is 35.5. The molecular weight excluding hydrogens is 367 g/mol. The quantitative estimate of drug-likeness (QED) is 0.691. The number of H-pyrrole nitrogens is 1. The van der Waals surface area contributed by atoms with E-state index in [-0.39, 0.29) is 17.8 Å². The van der Waals surface area contributed by atoms with Crippen molar-refractivity contribution in [2.75, 3.05) is 0 Å². The fraction of sp³-hybridized carbons (Fsp3) is 0.111. The van der Waals surface area contributed by atoms with Crippen LogP contribution < -0.4 is 5.32 Å². The van der Waals surface area contributed by atoms with Gasteiger partial charge in [0, 0.05) is 17.1 Å². The Labute approximate surface area is 152 Å². The zero-order valence-corrected chi connectivity index (χ0v) is 14.0. The molecular formula is C18H13ClF3N3O. The molecule has 0 radical (unpaired) electrons. The first-order chi connectivity index (χ1) is 12.3. The van der Waals surface area contributed by atoms with Gasteiger partial charge in [-0.15, -0.1) is 0 Å². The Kier molecular flexibility index (Phi) is 4.99. The van der Waals surface area contributed by atoms with E-state index in [1.54, 1.807) is 24.3 Å². The minimum Gasteiger partial charge on any atom is -0.347 e. The lowest BCUT2D eigenvalue weighted by Crippen LogP contribution is -2.24. The normalized spacial score (nSPS) is 11.4. The second kappa shape index (κ2) is 7.21. The fourth-order valence-electron chi connectivity index (χ4n) is 2.43. The maximum absolute atomic E-state index is 13.0. The number of aromatic nitrogens is 2. The zero-order valence-electron chi connectivity index (χ0n) is 13.3. The lowest BCUT2D eigenvalue weighted by atomic mass is 10.1. The molecule has 26 heavy (non-hydrogen) atoms. The van der Waals surface area contributed by atoms with Crippen LogP contribution >= 0.6 is 11.6 Å². The number of carbonyl (C=O) groups excluding carboxylic acids is 1. The van der Waals surface area contributed by atoms with Crippen molar-refractivity contribution in [3.05, 3.63) is 76.4 Å². The highest BCUT2D eigenvalue weighted by Gasteiger charge is 2.32. The summed E-state index contributed by atoms with van der Waals surface area (Å²) in [5.41, 5.74) is 0.659. The van der Waals surface area contributed by atoms with Gasteiger partial charge in [-0.3, -0.25) is 9.89 Å². The van der Waals surface area contributed by atoms with Gasteiger partial charge in [-0.25, -0.2) is 0 Å². The van der Waals surface area contributed by atoms with Crippen molar-refractivity contribution in [1.82, 2.24) is 15.5 Å². The molecule has 0 aliphatic heterocycles. The number of hydrogen-bond acceptors (Lipinski definition) is 2. The first kappa shape index (κ1) is 18.0. The zero-order chi connectivity index (χ0) is 18.7. The summed E-state index contributed by atoms with van der Waals surface area (Å²) in [6.45, 7) is -0.246. The molecule has 2 aromatic carbocycles. The van der Waals surface area contributed by atoms with E-state index >= 15 is 0 Å². The van der Waals surface area contributed by atoms with E-state index < -0.39 is 17.6 Å². The van der Waals surface area contributed by atoms with Crippen LogP contribution in [0.2, 0.25) is 5.02 Å². The average molecular weight is 380 g/mol. The number of amides is 1. The number of nitrogens with one attached hydrogen (secondary N) is 2. The highest BCUT2D eigenvalue weighted by Crippen LogP contribution is 2.31. The van der Waals surface area contributed by atoms with E-state index in [0.717, 1.165) is 11.6 Å². The number of nitrogens with zero attached hydrogens (tertiary/aromatic N) is 1. The minimum atomic E-state index is -4.48. The summed E-state index contributed by atoms with van der Waals surface area (Å²) in [5.74, 6) is -0.547. The summed E-state index contributed by atoms with van der Waals surface area (Å²) < 4.78 is 38.9. The lowest BCUT2D eigenvalue weighted by Gasteiger charge is -2.12. The SMILES string of the molecule is O=C(NCc1ccccc1C(F)(F)F)c1cc(-c2ccc(Cl)cc2)n[nH]1. The number of hydrogen-bond donors (Lipinski definition) is 2. The van der Waals surface area contributed by atoms with Gasteiger partial charge in [0.2, 0.25) is 0 Å². The second-order valence-corrected chi connectivity index (χ2v) is 5.95. The van der Waals surface area contributed by atoms with Crippen LogP contribution in [0.1, 0.15) is 21.6 Å². The third-order valence-electron chi connectivity index (χ3n) is 3.72. The van der Waals surface area contributed by atoms with Crippen molar-refractivity contribution >= 4 is 17.5 Å². The van der Waals surface area contributed by atoms with Gasteiger partial charge in [0.05, 0.1) is 11.3 Å². The van der Waals surface area contributed by atoms with E-state index in [0.29, 0.717) is 10.7 Å². The number of carbonyl (C=O) groups is 1. The molecule has 0 bridgehead atoms. The summed E-state index contributed by atoms with van der Waals surface area (Å²) in [7, 11) is 0. The molecule has 0 unspecified atom stereocenters. The number of benzene rings is 2. The molecule has 3 aromatic rings. The van der Waals surface area contributed by atoms with Gasteiger partial charge in [-0.05, 0) is 29.8 Å². The summed E-state index contributed by atoms with van der Waals surface area (Å²) in [6, 6.07) is 13.5. The number of halogens is 4. The van der Waals surface area contributed by atoms with E-state index in [1.165, 1.54) is 24.3 Å². The van der Waals surface area contributed by atoms with Gasteiger partial charge in [0.25, 0.3) is 5.91 Å². The van der Waals surface area contributed by atoms with Gasteiger partial charge in [0.15, 0.2) is 0 Å². The number of aromatic amines is 1. The summed E-state index contributed by atoms with van der Waals surface area (Å²) in [6.07, 6.45) is -4.48. The van der Waals surface area contributed by atoms with Crippen LogP contribution in [-0.4, -0.2) is 16.1 Å². The van der Waals surface area contributed by atoms with Crippen LogP contribution in [-0.2, 0) is 12.7 Å². The van der Waals surface area contributed by atoms with Crippen LogP contribution in [0.4, 0.5) is 13.2 Å². The smallest absolute Gasteiger partial charge is 0.347 e. The molecule has 1 aromatic heterocycles. The monoisotopic (exact) mass is 379 g/mol. The molecule has 0 saturated heterocycles. The number of rotatable bonds is 4. The Morgan fingerprint density at radius 3 is 2.50 bits per heavy atom. The molecule has 1 amide bonds. The Morgan fingerprint density at radius 2 is 1.81 bits per heavy atom. The third kappa shape index (κ3) is 4.05. The molecule has 4 nitrogen and oxygen atoms in total. The largest absolute Gasteiger partial charge is 0.416 e. The molecule has 1 heterocycles. The van der Waals surface area contributed by atoms with Crippen LogP contribution in [0.15, 0.2) is 54.6 Å². The maximum Gasteiger partial charge on any atom is 0.416 e. The molecule has 2 N–H and O–H groups in total. The predicted molar refractivity (Wildman–Crippen MR) is 91.6 cm³/mol. The molecule has 134 valence electrons. The topological polar surface area (TPSA) is 57.8 Å². The highest BCUT2D eigenvalue weighted by molar-refractivity contribution is 6.30. The summed E-state index contributed by atoms with van der Waals surface area (Å²) in [4.78, 5) is 12.2. The third-order valence-corrected chi connectivity index (χ3v) is 3.98. The summed E-state index contributed by atoms with van der Waals surface area (Å²) >= 11 is 5.83. The number of alkyl halides is 3. The Hall–Kier alpha value is -2.80. The molecule has 8 heteroatoms. The van der Waals surface area contributed by atoms with Gasteiger partial charge < -0.3 is 5.32 Å². The van der Waals surface area contributed by atoms with Crippen molar-refractivity contribution in [2.45, 2.75) is 12.7 Å². The standard InChI is InChI=1S/C18H13ClF3N3O/c19-13-7-5-11(6-8-13)15-9-16(25-24-15)17(26)23-10-12-3-1-2-4-14(12)18(20,21)22/h1-9H,10H2,(H,23,26)(H,24,25). The first-order valence-corrected chi connectivity index (χ1v) is 7.97. The second-order valence-electron chi connectivity index (χ2n) is 5.51. The fourth-order valence-corrected chi connectivity index (χ4v) is 2.55. The van der Waals surface area contributed by atoms with E-state index in [1.807, 2.05) is 0 Å². The Balaban J connectivity index is 1.71. The molecule has 0 atom stereocenters. The van der Waals surface area contributed by atoms with Gasteiger partial charge in [0.1, 0.15) is 5.69 Å². The van der Waals surface area contributed by atoms with Gasteiger partial charge in [-0.1, -0.05) is 41.9 Å². The average Bonchev–Trinajstić information content (AvgIpc) is 3.10. The van der Waals surface area contributed by atoms with Gasteiger partial charge in [-0.2, -0.15) is 18.3 Å². The van der Waals surface area contributed by atoms with Crippen molar-refractivity contribution < 1.29 is 18.0 Å². The van der Waals surface area contributed by atoms with Crippen molar-refractivity contribution in [2.24, 2.45) is 0 Å². The predicted octanol–water partition coefficient (Wildman–Crippen LogP) is 4.68. The van der Waals surface area contributed by atoms with Crippen LogP contribution in [0.5, 0.6) is 0 Å². The summed E-state index contributed by atoms with van der Waals surface area (Å²) in [5, 5.41) is 9.67. The maximum atomic E-state index is 13.0. The Morgan fingerprint density at radius 1 is 1.12 bits per heavy atom. The van der Waals surface area contributed by atoms with E-state index in [2.05, 4.69) is 15.5 Å². The molecule has 0 saturated carbocycles. The minimum absolute atomic E-state index is 0.00853.